The molecule has 142 valence electrons. The fraction of sp³-hybridized carbons (Fsp3) is 0.632. The zero-order valence-electron chi connectivity index (χ0n) is 15.7. The lowest BCUT2D eigenvalue weighted by atomic mass is 10.1. The molecule has 0 amide bonds. The van der Waals surface area contributed by atoms with Gasteiger partial charge >= 0.3 is 0 Å². The van der Waals surface area contributed by atoms with Gasteiger partial charge in [-0.15, -0.1) is 24.0 Å². The lowest BCUT2D eigenvalue weighted by molar-refractivity contribution is -0.0165. The molecule has 5 nitrogen and oxygen atoms in total. The van der Waals surface area contributed by atoms with Gasteiger partial charge in [-0.25, -0.2) is 0 Å². The Bertz CT molecular complexity index is 497. The van der Waals surface area contributed by atoms with E-state index in [1.54, 1.807) is 0 Å². The number of hydrogen-bond donors (Lipinski definition) is 2. The zero-order chi connectivity index (χ0) is 17.2. The minimum atomic E-state index is 0. The number of nitrogens with one attached hydrogen (secondary N) is 2. The van der Waals surface area contributed by atoms with Crippen LogP contribution in [0.2, 0.25) is 0 Å². The Kier molecular flexibility index (Phi) is 11.1. The number of benzene rings is 1. The van der Waals surface area contributed by atoms with E-state index < -0.39 is 0 Å². The summed E-state index contributed by atoms with van der Waals surface area (Å²) in [6, 6.07) is 11.4. The number of aliphatic imine (C=N–C) groups is 1. The topological polar surface area (TPSA) is 48.9 Å². The van der Waals surface area contributed by atoms with Crippen LogP contribution in [0.15, 0.2) is 35.3 Å². The van der Waals surface area contributed by atoms with Crippen LogP contribution in [0.25, 0.3) is 0 Å². The highest BCUT2D eigenvalue weighted by Crippen LogP contribution is 2.10. The van der Waals surface area contributed by atoms with Crippen molar-refractivity contribution in [1.82, 2.24) is 15.5 Å². The van der Waals surface area contributed by atoms with Gasteiger partial charge in [0.1, 0.15) is 0 Å². The molecular formula is C19H33IN4O. The molecule has 6 heteroatoms. The molecule has 1 heterocycles. The van der Waals surface area contributed by atoms with Gasteiger partial charge in [-0.1, -0.05) is 30.3 Å². The second kappa shape index (κ2) is 12.5. The van der Waals surface area contributed by atoms with Crippen LogP contribution in [0.1, 0.15) is 26.3 Å². The fourth-order valence-corrected chi connectivity index (χ4v) is 3.03. The smallest absolute Gasteiger partial charge is 0.191 e. The van der Waals surface area contributed by atoms with Crippen LogP contribution in [0.5, 0.6) is 0 Å². The summed E-state index contributed by atoms with van der Waals surface area (Å²) >= 11 is 0. The third-order valence-corrected chi connectivity index (χ3v) is 4.39. The van der Waals surface area contributed by atoms with E-state index in [9.17, 15) is 0 Å². The Morgan fingerprint density at radius 1 is 1.32 bits per heavy atom. The van der Waals surface area contributed by atoms with Crippen molar-refractivity contribution in [2.24, 2.45) is 4.99 Å². The van der Waals surface area contributed by atoms with Gasteiger partial charge in [0.05, 0.1) is 19.8 Å². The van der Waals surface area contributed by atoms with E-state index in [0.717, 1.165) is 51.8 Å². The second-order valence-electron chi connectivity index (χ2n) is 6.39. The predicted molar refractivity (Wildman–Crippen MR) is 116 cm³/mol. The molecule has 1 aromatic rings. The lowest BCUT2D eigenvalue weighted by Crippen LogP contribution is -2.49. The van der Waals surface area contributed by atoms with Crippen molar-refractivity contribution >= 4 is 29.9 Å². The summed E-state index contributed by atoms with van der Waals surface area (Å²) in [7, 11) is 0. The number of rotatable bonds is 7. The summed E-state index contributed by atoms with van der Waals surface area (Å²) in [5, 5.41) is 6.77. The van der Waals surface area contributed by atoms with Crippen LogP contribution >= 0.6 is 24.0 Å². The highest BCUT2D eigenvalue weighted by Gasteiger charge is 2.23. The van der Waals surface area contributed by atoms with Crippen molar-refractivity contribution in [2.75, 3.05) is 39.4 Å². The summed E-state index contributed by atoms with van der Waals surface area (Å²) in [6.45, 7) is 11.8. The van der Waals surface area contributed by atoms with Gasteiger partial charge in [-0.2, -0.15) is 0 Å². The number of halogens is 1. The molecule has 2 atom stereocenters. The summed E-state index contributed by atoms with van der Waals surface area (Å²) in [5.41, 5.74) is 1.34. The van der Waals surface area contributed by atoms with Crippen molar-refractivity contribution in [3.8, 4) is 0 Å². The maximum atomic E-state index is 5.52. The Hall–Kier alpha value is -0.860. The van der Waals surface area contributed by atoms with Gasteiger partial charge in [0, 0.05) is 31.7 Å². The van der Waals surface area contributed by atoms with Gasteiger partial charge < -0.3 is 15.4 Å². The van der Waals surface area contributed by atoms with Crippen molar-refractivity contribution in [3.05, 3.63) is 35.9 Å². The molecule has 1 aliphatic heterocycles. The van der Waals surface area contributed by atoms with Crippen LogP contribution < -0.4 is 10.6 Å². The summed E-state index contributed by atoms with van der Waals surface area (Å²) < 4.78 is 5.52. The third-order valence-electron chi connectivity index (χ3n) is 4.39. The minimum absolute atomic E-state index is 0. The Labute approximate surface area is 169 Å². The molecule has 1 saturated heterocycles. The third kappa shape index (κ3) is 7.92. The van der Waals surface area contributed by atoms with Gasteiger partial charge in [0.15, 0.2) is 5.96 Å². The molecule has 2 rings (SSSR count). The van der Waals surface area contributed by atoms with Gasteiger partial charge in [-0.05, 0) is 32.8 Å². The van der Waals surface area contributed by atoms with Gasteiger partial charge in [-0.3, -0.25) is 9.89 Å². The maximum absolute atomic E-state index is 5.52. The largest absolute Gasteiger partial charge is 0.379 e. The number of morpholine rings is 1. The number of hydrogen-bond acceptors (Lipinski definition) is 3. The monoisotopic (exact) mass is 460 g/mol. The van der Waals surface area contributed by atoms with Crippen molar-refractivity contribution in [1.29, 1.82) is 0 Å². The van der Waals surface area contributed by atoms with Crippen molar-refractivity contribution < 1.29 is 4.74 Å². The van der Waals surface area contributed by atoms with E-state index in [-0.39, 0.29) is 24.0 Å². The lowest BCUT2D eigenvalue weighted by Gasteiger charge is -2.37. The Morgan fingerprint density at radius 3 is 2.76 bits per heavy atom. The number of guanidine groups is 1. The molecule has 1 fully saturated rings. The Balaban J connectivity index is 0.00000312. The SMILES string of the molecule is CCNC(=NCC(C)N1CCOCC1C)NCCc1ccccc1.I. The molecule has 0 saturated carbocycles. The summed E-state index contributed by atoms with van der Waals surface area (Å²) in [5.74, 6) is 0.904. The van der Waals surface area contributed by atoms with Crippen LogP contribution in [0.3, 0.4) is 0 Å². The average Bonchev–Trinajstić information content (AvgIpc) is 2.60. The molecule has 1 aromatic carbocycles. The first-order valence-electron chi connectivity index (χ1n) is 9.10. The van der Waals surface area contributed by atoms with E-state index >= 15 is 0 Å². The quantitative estimate of drug-likeness (QED) is 0.373. The normalized spacial score (nSPS) is 19.8. The fourth-order valence-electron chi connectivity index (χ4n) is 3.03. The predicted octanol–water partition coefficient (Wildman–Crippen LogP) is 2.51. The number of nitrogens with zero attached hydrogens (tertiary/aromatic N) is 2. The molecule has 0 radical (unpaired) electrons. The standard InChI is InChI=1S/C19H32N4O.HI/c1-4-20-19(21-11-10-18-8-6-5-7-9-18)22-14-16(2)23-12-13-24-15-17(23)3;/h5-9,16-17H,4,10-15H2,1-3H3,(H2,20,21,22);1H. The number of ether oxygens (including phenoxy) is 1. The van der Waals surface area contributed by atoms with E-state index in [0.29, 0.717) is 12.1 Å². The molecule has 0 aromatic heterocycles. The van der Waals surface area contributed by atoms with E-state index in [1.807, 2.05) is 0 Å². The molecule has 2 N–H and O–H groups in total. The van der Waals surface area contributed by atoms with Gasteiger partial charge in [0.25, 0.3) is 0 Å². The van der Waals surface area contributed by atoms with Crippen LogP contribution in [-0.2, 0) is 11.2 Å². The summed E-state index contributed by atoms with van der Waals surface area (Å²) in [4.78, 5) is 7.25. The van der Waals surface area contributed by atoms with Crippen LogP contribution in [0, 0.1) is 0 Å². The average molecular weight is 460 g/mol. The van der Waals surface area contributed by atoms with Gasteiger partial charge in [0.2, 0.25) is 0 Å². The van der Waals surface area contributed by atoms with Crippen molar-refractivity contribution in [3.63, 3.8) is 0 Å². The summed E-state index contributed by atoms with van der Waals surface area (Å²) in [6.07, 6.45) is 1.00. The van der Waals surface area contributed by atoms with Crippen LogP contribution in [-0.4, -0.2) is 62.3 Å². The molecular weight excluding hydrogens is 427 g/mol. The first-order valence-corrected chi connectivity index (χ1v) is 9.10. The van der Waals surface area contributed by atoms with Crippen LogP contribution in [0.4, 0.5) is 0 Å². The Morgan fingerprint density at radius 2 is 2.08 bits per heavy atom. The molecule has 1 aliphatic rings. The zero-order valence-corrected chi connectivity index (χ0v) is 18.0. The van der Waals surface area contributed by atoms with Crippen molar-refractivity contribution in [2.45, 2.75) is 39.3 Å². The minimum Gasteiger partial charge on any atom is -0.379 e. The molecule has 0 spiro atoms. The first kappa shape index (κ1) is 22.2. The second-order valence-corrected chi connectivity index (χ2v) is 6.39. The van der Waals surface area contributed by atoms with E-state index in [1.165, 1.54) is 5.56 Å². The maximum Gasteiger partial charge on any atom is 0.191 e. The highest BCUT2D eigenvalue weighted by atomic mass is 127. The molecule has 2 unspecified atom stereocenters. The van der Waals surface area contributed by atoms with E-state index in [4.69, 9.17) is 9.73 Å². The molecule has 25 heavy (non-hydrogen) atoms. The van der Waals surface area contributed by atoms with E-state index in [2.05, 4.69) is 66.6 Å². The first-order chi connectivity index (χ1) is 11.7. The highest BCUT2D eigenvalue weighted by molar-refractivity contribution is 14.0. The molecule has 0 bridgehead atoms. The molecule has 0 aliphatic carbocycles.